The Morgan fingerprint density at radius 3 is 2.45 bits per heavy atom. The maximum Gasteiger partial charge on any atom is 0.0400 e. The van der Waals surface area contributed by atoms with Gasteiger partial charge in [-0.25, -0.2) is 0 Å². The van der Waals surface area contributed by atoms with Gasteiger partial charge in [0.05, 0.1) is 0 Å². The van der Waals surface area contributed by atoms with Crippen molar-refractivity contribution >= 4 is 16.5 Å². The summed E-state index contributed by atoms with van der Waals surface area (Å²) in [5.74, 6) is 0. The first-order valence-electron chi connectivity index (χ1n) is 8.16. The van der Waals surface area contributed by atoms with Gasteiger partial charge in [0, 0.05) is 11.3 Å². The Kier molecular flexibility index (Phi) is 4.43. The molecule has 0 radical (unpaired) electrons. The smallest absolute Gasteiger partial charge is 0.0400 e. The van der Waals surface area contributed by atoms with Crippen molar-refractivity contribution in [2.75, 3.05) is 5.73 Å². The zero-order chi connectivity index (χ0) is 15.4. The zero-order valence-electron chi connectivity index (χ0n) is 13.2. The van der Waals surface area contributed by atoms with Crippen molar-refractivity contribution in [1.29, 1.82) is 0 Å². The minimum absolute atomic E-state index is 0.863. The van der Waals surface area contributed by atoms with Gasteiger partial charge in [-0.3, -0.25) is 0 Å². The molecule has 0 unspecified atom stereocenters. The lowest BCUT2D eigenvalue weighted by Crippen LogP contribution is -1.96. The summed E-state index contributed by atoms with van der Waals surface area (Å²) in [4.78, 5) is 0. The summed E-state index contributed by atoms with van der Waals surface area (Å²) in [7, 11) is 0. The average molecular weight is 289 g/mol. The highest BCUT2D eigenvalue weighted by molar-refractivity contribution is 6.02. The molecule has 3 aromatic rings. The van der Waals surface area contributed by atoms with Gasteiger partial charge < -0.3 is 5.73 Å². The van der Waals surface area contributed by atoms with Gasteiger partial charge in [0.1, 0.15) is 0 Å². The lowest BCUT2D eigenvalue weighted by atomic mass is 9.91. The summed E-state index contributed by atoms with van der Waals surface area (Å²) in [6, 6.07) is 21.3. The molecule has 0 saturated heterocycles. The van der Waals surface area contributed by atoms with E-state index >= 15 is 0 Å². The molecule has 1 heteroatoms. The molecule has 0 spiro atoms. The Morgan fingerprint density at radius 1 is 0.818 bits per heavy atom. The summed E-state index contributed by atoms with van der Waals surface area (Å²) < 4.78 is 0. The standard InChI is InChI=1S/C21H23N/c1-2-3-4-9-16-10-5-7-12-18(16)21-19-13-8-6-11-17(19)14-15-20(21)22/h5-8,10-15H,2-4,9,22H2,1H3. The zero-order valence-corrected chi connectivity index (χ0v) is 13.2. The van der Waals surface area contributed by atoms with Crippen molar-refractivity contribution < 1.29 is 0 Å². The average Bonchev–Trinajstić information content (AvgIpc) is 2.56. The number of nitrogens with two attached hydrogens (primary N) is 1. The van der Waals surface area contributed by atoms with E-state index in [2.05, 4.69) is 61.5 Å². The monoisotopic (exact) mass is 289 g/mol. The first-order chi connectivity index (χ1) is 10.8. The maximum atomic E-state index is 6.34. The normalized spacial score (nSPS) is 11.0. The molecule has 3 rings (SSSR count). The number of hydrogen-bond donors (Lipinski definition) is 1. The van der Waals surface area contributed by atoms with Crippen molar-refractivity contribution in [1.82, 2.24) is 0 Å². The van der Waals surface area contributed by atoms with Gasteiger partial charge in [-0.2, -0.15) is 0 Å². The van der Waals surface area contributed by atoms with Crippen LogP contribution in [0.15, 0.2) is 60.7 Å². The van der Waals surface area contributed by atoms with E-state index in [1.807, 2.05) is 6.07 Å². The van der Waals surface area contributed by atoms with Crippen molar-refractivity contribution in [2.45, 2.75) is 32.6 Å². The highest BCUT2D eigenvalue weighted by Gasteiger charge is 2.11. The number of aryl methyl sites for hydroxylation is 1. The number of unbranched alkanes of at least 4 members (excludes halogenated alkanes) is 2. The lowest BCUT2D eigenvalue weighted by Gasteiger charge is -2.14. The van der Waals surface area contributed by atoms with E-state index in [0.717, 1.165) is 12.1 Å². The molecule has 0 fully saturated rings. The predicted molar refractivity (Wildman–Crippen MR) is 97.0 cm³/mol. The molecule has 0 aromatic heterocycles. The van der Waals surface area contributed by atoms with Crippen LogP contribution in [0.3, 0.4) is 0 Å². The van der Waals surface area contributed by atoms with Crippen LogP contribution in [0.1, 0.15) is 31.7 Å². The van der Waals surface area contributed by atoms with E-state index < -0.39 is 0 Å². The topological polar surface area (TPSA) is 26.0 Å². The highest BCUT2D eigenvalue weighted by Crippen LogP contribution is 2.36. The second-order valence-electron chi connectivity index (χ2n) is 5.87. The number of nitrogen functional groups attached to an aromatic ring is 1. The lowest BCUT2D eigenvalue weighted by molar-refractivity contribution is 0.718. The molecule has 0 aliphatic rings. The van der Waals surface area contributed by atoms with E-state index in [9.17, 15) is 0 Å². The minimum atomic E-state index is 0.863. The van der Waals surface area contributed by atoms with Gasteiger partial charge in [-0.1, -0.05) is 74.4 Å². The SMILES string of the molecule is CCCCCc1ccccc1-c1c(N)ccc2ccccc12. The van der Waals surface area contributed by atoms with Crippen molar-refractivity contribution in [3.63, 3.8) is 0 Å². The summed E-state index contributed by atoms with van der Waals surface area (Å²) in [5, 5.41) is 2.49. The summed E-state index contributed by atoms with van der Waals surface area (Å²) in [6.45, 7) is 2.24. The van der Waals surface area contributed by atoms with Crippen LogP contribution >= 0.6 is 0 Å². The van der Waals surface area contributed by atoms with Gasteiger partial charge in [0.2, 0.25) is 0 Å². The van der Waals surface area contributed by atoms with E-state index in [-0.39, 0.29) is 0 Å². The molecular weight excluding hydrogens is 266 g/mol. The molecule has 1 nitrogen and oxygen atoms in total. The molecule has 0 amide bonds. The molecule has 3 aromatic carbocycles. The molecule has 0 heterocycles. The van der Waals surface area contributed by atoms with E-state index in [4.69, 9.17) is 5.73 Å². The van der Waals surface area contributed by atoms with Crippen LogP contribution in [0, 0.1) is 0 Å². The fraction of sp³-hybridized carbons (Fsp3) is 0.238. The van der Waals surface area contributed by atoms with E-state index in [1.165, 1.54) is 46.7 Å². The largest absolute Gasteiger partial charge is 0.398 e. The Bertz CT molecular complexity index is 774. The van der Waals surface area contributed by atoms with Crippen LogP contribution in [-0.4, -0.2) is 0 Å². The Hall–Kier alpha value is -2.28. The third kappa shape index (κ3) is 2.85. The van der Waals surface area contributed by atoms with E-state index in [1.54, 1.807) is 0 Å². The number of anilines is 1. The molecule has 0 atom stereocenters. The second kappa shape index (κ2) is 6.65. The molecule has 0 saturated carbocycles. The van der Waals surface area contributed by atoms with Gasteiger partial charge >= 0.3 is 0 Å². The van der Waals surface area contributed by atoms with Crippen molar-refractivity contribution in [3.8, 4) is 11.1 Å². The van der Waals surface area contributed by atoms with E-state index in [0.29, 0.717) is 0 Å². The Morgan fingerprint density at radius 2 is 1.59 bits per heavy atom. The van der Waals surface area contributed by atoms with Crippen molar-refractivity contribution in [3.05, 3.63) is 66.2 Å². The molecule has 2 N–H and O–H groups in total. The van der Waals surface area contributed by atoms with Crippen LogP contribution in [0.25, 0.3) is 21.9 Å². The van der Waals surface area contributed by atoms with Crippen LogP contribution in [0.5, 0.6) is 0 Å². The van der Waals surface area contributed by atoms with Crippen LogP contribution in [-0.2, 0) is 6.42 Å². The number of rotatable bonds is 5. The number of fused-ring (bicyclic) bond motifs is 1. The third-order valence-corrected chi connectivity index (χ3v) is 4.30. The fourth-order valence-corrected chi connectivity index (χ4v) is 3.14. The Labute approximate surface area is 132 Å². The van der Waals surface area contributed by atoms with Crippen molar-refractivity contribution in [2.24, 2.45) is 0 Å². The first kappa shape index (κ1) is 14.6. The van der Waals surface area contributed by atoms with Gasteiger partial charge in [-0.15, -0.1) is 0 Å². The molecule has 0 aliphatic carbocycles. The number of benzene rings is 3. The fourth-order valence-electron chi connectivity index (χ4n) is 3.14. The quantitative estimate of drug-likeness (QED) is 0.464. The molecule has 0 bridgehead atoms. The minimum Gasteiger partial charge on any atom is -0.398 e. The van der Waals surface area contributed by atoms with Gasteiger partial charge in [0.15, 0.2) is 0 Å². The summed E-state index contributed by atoms with van der Waals surface area (Å²) in [6.07, 6.45) is 4.88. The Balaban J connectivity index is 2.13. The van der Waals surface area contributed by atoms with Gasteiger partial charge in [-0.05, 0) is 40.8 Å². The predicted octanol–water partition coefficient (Wildman–Crippen LogP) is 5.82. The van der Waals surface area contributed by atoms with Gasteiger partial charge in [0.25, 0.3) is 0 Å². The third-order valence-electron chi connectivity index (χ3n) is 4.30. The van der Waals surface area contributed by atoms with Crippen LogP contribution < -0.4 is 5.73 Å². The van der Waals surface area contributed by atoms with Crippen LogP contribution in [0.2, 0.25) is 0 Å². The molecule has 22 heavy (non-hydrogen) atoms. The summed E-state index contributed by atoms with van der Waals surface area (Å²) >= 11 is 0. The van der Waals surface area contributed by atoms with Crippen LogP contribution in [0.4, 0.5) is 5.69 Å². The molecule has 0 aliphatic heterocycles. The summed E-state index contributed by atoms with van der Waals surface area (Å²) in [5.41, 5.74) is 11.1. The first-order valence-corrected chi connectivity index (χ1v) is 8.16. The molecular formula is C21H23N. The second-order valence-corrected chi connectivity index (χ2v) is 5.87. The highest BCUT2D eigenvalue weighted by atomic mass is 14.6. The molecule has 112 valence electrons. The number of hydrogen-bond acceptors (Lipinski definition) is 1. The maximum absolute atomic E-state index is 6.34.